The lowest BCUT2D eigenvalue weighted by Gasteiger charge is -2.53. The Balaban J connectivity index is 1.52. The van der Waals surface area contributed by atoms with Gasteiger partial charge in [0.15, 0.2) is 5.78 Å². The topological polar surface area (TPSA) is 37.3 Å². The van der Waals surface area contributed by atoms with Crippen molar-refractivity contribution in [2.75, 3.05) is 0 Å². The number of benzene rings is 1. The standard InChI is InChI=1S/C30H32F2O2/c1-17-26(31)14-20(15-27(17)32)24-16-29(2)25(10-12-30(29,34)11-9-18-3-4-18)23-7-5-19-13-21(33)6-8-22(19)28(23)24/h13-15,18,23-25,34H,3-8,10,12,16H2,1-2H3/t23-,24+,25?,29-,30-/m0/s1. The van der Waals surface area contributed by atoms with Crippen LogP contribution in [0.2, 0.25) is 0 Å². The largest absolute Gasteiger partial charge is 0.377 e. The second kappa shape index (κ2) is 7.62. The molecule has 0 spiro atoms. The summed E-state index contributed by atoms with van der Waals surface area (Å²) in [6.45, 7) is 3.63. The fourth-order valence-electron chi connectivity index (χ4n) is 7.48. The van der Waals surface area contributed by atoms with Gasteiger partial charge in [0.1, 0.15) is 17.2 Å². The molecule has 3 fully saturated rings. The van der Waals surface area contributed by atoms with Crippen LogP contribution in [-0.2, 0) is 4.79 Å². The van der Waals surface area contributed by atoms with Gasteiger partial charge in [-0.05, 0) is 105 Å². The van der Waals surface area contributed by atoms with E-state index in [0.29, 0.717) is 37.2 Å². The third kappa shape index (κ3) is 3.27. The van der Waals surface area contributed by atoms with E-state index in [1.165, 1.54) is 30.2 Å². The molecule has 6 rings (SSSR count). The Kier molecular flexibility index (Phi) is 4.98. The molecule has 5 aliphatic rings. The average molecular weight is 463 g/mol. The summed E-state index contributed by atoms with van der Waals surface area (Å²) in [5.41, 5.74) is 2.80. The molecule has 1 aromatic carbocycles. The molecule has 2 nitrogen and oxygen atoms in total. The highest BCUT2D eigenvalue weighted by atomic mass is 19.1. The first-order valence-electron chi connectivity index (χ1n) is 12.9. The van der Waals surface area contributed by atoms with Gasteiger partial charge in [-0.3, -0.25) is 4.79 Å². The zero-order chi connectivity index (χ0) is 23.8. The maximum absolute atomic E-state index is 14.8. The van der Waals surface area contributed by atoms with Crippen molar-refractivity contribution in [2.45, 2.75) is 83.2 Å². The molecule has 1 N–H and O–H groups in total. The number of hydrogen-bond donors (Lipinski definition) is 1. The number of carbonyl (C=O) groups is 1. The van der Waals surface area contributed by atoms with Crippen LogP contribution in [0.5, 0.6) is 0 Å². The normalized spacial score (nSPS) is 36.8. The van der Waals surface area contributed by atoms with Crippen LogP contribution in [0.15, 0.2) is 34.9 Å². The molecule has 0 aromatic heterocycles. The summed E-state index contributed by atoms with van der Waals surface area (Å²) in [4.78, 5) is 12.2. The zero-order valence-electron chi connectivity index (χ0n) is 20.0. The Hall–Kier alpha value is -2.25. The van der Waals surface area contributed by atoms with E-state index in [-0.39, 0.29) is 29.1 Å². The van der Waals surface area contributed by atoms with Crippen molar-refractivity contribution in [2.24, 2.45) is 23.2 Å². The lowest BCUT2D eigenvalue weighted by atomic mass is 9.51. The van der Waals surface area contributed by atoms with Crippen molar-refractivity contribution < 1.29 is 18.7 Å². The van der Waals surface area contributed by atoms with Crippen LogP contribution in [-0.4, -0.2) is 16.5 Å². The number of allylic oxidation sites excluding steroid dienone is 4. The smallest absolute Gasteiger partial charge is 0.156 e. The van der Waals surface area contributed by atoms with Crippen molar-refractivity contribution in [3.63, 3.8) is 0 Å². The number of fused-ring (bicyclic) bond motifs is 4. The Bertz CT molecular complexity index is 1190. The van der Waals surface area contributed by atoms with E-state index in [1.54, 1.807) is 6.08 Å². The summed E-state index contributed by atoms with van der Waals surface area (Å²) >= 11 is 0. The van der Waals surface area contributed by atoms with Crippen molar-refractivity contribution in [1.29, 1.82) is 0 Å². The molecular weight excluding hydrogens is 430 g/mol. The maximum Gasteiger partial charge on any atom is 0.156 e. The predicted molar refractivity (Wildman–Crippen MR) is 127 cm³/mol. The number of aliphatic hydroxyl groups is 1. The molecule has 0 heterocycles. The fourth-order valence-corrected chi connectivity index (χ4v) is 7.48. The molecule has 5 atom stereocenters. The van der Waals surface area contributed by atoms with Gasteiger partial charge < -0.3 is 5.11 Å². The number of hydrogen-bond acceptors (Lipinski definition) is 2. The Morgan fingerprint density at radius 1 is 1.06 bits per heavy atom. The van der Waals surface area contributed by atoms with Gasteiger partial charge in [0.05, 0.1) is 0 Å². The molecule has 1 unspecified atom stereocenters. The Morgan fingerprint density at radius 3 is 2.50 bits per heavy atom. The van der Waals surface area contributed by atoms with E-state index in [1.807, 2.05) is 0 Å². The van der Waals surface area contributed by atoms with Crippen LogP contribution in [0.25, 0.3) is 0 Å². The van der Waals surface area contributed by atoms with Gasteiger partial charge in [-0.1, -0.05) is 24.3 Å². The first-order chi connectivity index (χ1) is 16.2. The highest BCUT2D eigenvalue weighted by Crippen LogP contribution is 2.66. The number of ketones is 1. The monoisotopic (exact) mass is 462 g/mol. The van der Waals surface area contributed by atoms with Gasteiger partial charge in [-0.25, -0.2) is 8.78 Å². The average Bonchev–Trinajstić information content (AvgIpc) is 3.59. The van der Waals surface area contributed by atoms with E-state index in [4.69, 9.17) is 0 Å². The number of rotatable bonds is 1. The summed E-state index contributed by atoms with van der Waals surface area (Å²) in [6.07, 6.45) is 9.18. The molecule has 0 bridgehead atoms. The van der Waals surface area contributed by atoms with Crippen LogP contribution >= 0.6 is 0 Å². The second-order valence-electron chi connectivity index (χ2n) is 11.5. The van der Waals surface area contributed by atoms with Gasteiger partial charge in [-0.2, -0.15) is 0 Å². The van der Waals surface area contributed by atoms with Crippen molar-refractivity contribution in [3.05, 3.63) is 57.7 Å². The maximum atomic E-state index is 14.8. The van der Waals surface area contributed by atoms with Gasteiger partial charge in [0, 0.05) is 29.2 Å². The van der Waals surface area contributed by atoms with Gasteiger partial charge in [0.2, 0.25) is 0 Å². The Morgan fingerprint density at radius 2 is 1.79 bits per heavy atom. The first-order valence-corrected chi connectivity index (χ1v) is 12.9. The number of carbonyl (C=O) groups excluding carboxylic acids is 1. The molecule has 1 aromatic rings. The van der Waals surface area contributed by atoms with E-state index in [0.717, 1.165) is 37.7 Å². The summed E-state index contributed by atoms with van der Waals surface area (Å²) in [7, 11) is 0. The van der Waals surface area contributed by atoms with Crippen molar-refractivity contribution in [3.8, 4) is 11.8 Å². The van der Waals surface area contributed by atoms with E-state index in [2.05, 4.69) is 18.8 Å². The fraction of sp³-hybridized carbons (Fsp3) is 0.567. The van der Waals surface area contributed by atoms with Crippen molar-refractivity contribution >= 4 is 5.78 Å². The van der Waals surface area contributed by atoms with Gasteiger partial charge in [-0.15, -0.1) is 0 Å². The quantitative estimate of drug-likeness (QED) is 0.496. The summed E-state index contributed by atoms with van der Waals surface area (Å²) in [5.74, 6) is 6.50. The molecule has 178 valence electrons. The zero-order valence-corrected chi connectivity index (χ0v) is 20.0. The van der Waals surface area contributed by atoms with E-state index in [9.17, 15) is 18.7 Å². The van der Waals surface area contributed by atoms with Crippen LogP contribution in [0.1, 0.15) is 81.8 Å². The van der Waals surface area contributed by atoms with Gasteiger partial charge in [0.25, 0.3) is 0 Å². The van der Waals surface area contributed by atoms with E-state index >= 15 is 0 Å². The van der Waals surface area contributed by atoms with Crippen LogP contribution in [0.4, 0.5) is 8.78 Å². The molecule has 5 aliphatic carbocycles. The predicted octanol–water partition coefficient (Wildman–Crippen LogP) is 6.32. The summed E-state index contributed by atoms with van der Waals surface area (Å²) < 4.78 is 29.5. The molecular formula is C30H32F2O2. The minimum absolute atomic E-state index is 0.0398. The highest BCUT2D eigenvalue weighted by Gasteiger charge is 2.62. The van der Waals surface area contributed by atoms with Crippen LogP contribution in [0, 0.1) is 53.6 Å². The minimum atomic E-state index is -1.07. The molecule has 0 aliphatic heterocycles. The summed E-state index contributed by atoms with van der Waals surface area (Å²) in [6, 6.07) is 2.99. The van der Waals surface area contributed by atoms with Gasteiger partial charge >= 0.3 is 0 Å². The molecule has 34 heavy (non-hydrogen) atoms. The second-order valence-corrected chi connectivity index (χ2v) is 11.5. The third-order valence-corrected chi connectivity index (χ3v) is 9.65. The number of halogens is 2. The first kappa shape index (κ1) is 22.2. The molecule has 3 saturated carbocycles. The minimum Gasteiger partial charge on any atom is -0.377 e. The van der Waals surface area contributed by atoms with E-state index < -0.39 is 22.7 Å². The van der Waals surface area contributed by atoms with Crippen molar-refractivity contribution in [1.82, 2.24) is 0 Å². The SMILES string of the molecule is Cc1c(F)cc([C@H]2C[C@@]3(C)C(CC[C@@]3(O)C#CC3CC3)[C@@H]3CCC4=CC(=O)CCC4=C32)cc1F. The van der Waals surface area contributed by atoms with Crippen LogP contribution in [0.3, 0.4) is 0 Å². The molecule has 0 radical (unpaired) electrons. The molecule has 4 heteroatoms. The third-order valence-electron chi connectivity index (χ3n) is 9.65. The molecule has 0 saturated heterocycles. The summed E-state index contributed by atoms with van der Waals surface area (Å²) in [5, 5.41) is 11.9. The Labute approximate surface area is 200 Å². The van der Waals surface area contributed by atoms with Crippen LogP contribution < -0.4 is 0 Å². The lowest BCUT2D eigenvalue weighted by Crippen LogP contribution is -2.51. The molecule has 0 amide bonds. The highest BCUT2D eigenvalue weighted by molar-refractivity contribution is 5.93. The lowest BCUT2D eigenvalue weighted by molar-refractivity contribution is -0.114.